The fraction of sp³-hybridized carbons (Fsp3) is 0.786. The van der Waals surface area contributed by atoms with Gasteiger partial charge in [-0.2, -0.15) is 0 Å². The molecule has 0 spiro atoms. The number of hydrogen-bond donors (Lipinski definition) is 1. The summed E-state index contributed by atoms with van der Waals surface area (Å²) in [6.07, 6.45) is 12.2. The summed E-state index contributed by atoms with van der Waals surface area (Å²) in [5.41, 5.74) is 0. The predicted molar refractivity (Wildman–Crippen MR) is 69.8 cm³/mol. The number of aliphatic hydroxyl groups excluding tert-OH is 1. The summed E-state index contributed by atoms with van der Waals surface area (Å²) in [5.74, 6) is -0.132. The van der Waals surface area contributed by atoms with E-state index in [1.165, 1.54) is 25.7 Å². The van der Waals surface area contributed by atoms with Crippen LogP contribution in [0.25, 0.3) is 0 Å². The Hall–Kier alpha value is -0.830. The molecule has 0 aliphatic heterocycles. The summed E-state index contributed by atoms with van der Waals surface area (Å²) in [6, 6.07) is 0. The van der Waals surface area contributed by atoms with Crippen molar-refractivity contribution in [3.05, 3.63) is 12.2 Å². The molecule has 3 nitrogen and oxygen atoms in total. The van der Waals surface area contributed by atoms with Crippen molar-refractivity contribution in [2.24, 2.45) is 0 Å². The normalized spacial score (nSPS) is 10.9. The molecule has 17 heavy (non-hydrogen) atoms. The number of carbonyl (C=O) groups excluding carboxylic acids is 1. The first-order chi connectivity index (χ1) is 8.31. The topological polar surface area (TPSA) is 46.5 Å². The molecule has 0 atom stereocenters. The Balaban J connectivity index is 3.13. The van der Waals surface area contributed by atoms with E-state index >= 15 is 0 Å². The number of unbranched alkanes of at least 4 members (excludes halogenated alkanes) is 5. The van der Waals surface area contributed by atoms with Crippen LogP contribution in [0.2, 0.25) is 0 Å². The van der Waals surface area contributed by atoms with E-state index in [-0.39, 0.29) is 12.6 Å². The highest BCUT2D eigenvalue weighted by molar-refractivity contribution is 5.69. The maximum atomic E-state index is 11.2. The third-order valence-corrected chi connectivity index (χ3v) is 2.55. The van der Waals surface area contributed by atoms with Gasteiger partial charge in [-0.25, -0.2) is 0 Å². The number of allylic oxidation sites excluding steroid dienone is 2. The smallest absolute Gasteiger partial charge is 0.305 e. The number of esters is 1. The van der Waals surface area contributed by atoms with Crippen molar-refractivity contribution in [3.63, 3.8) is 0 Å². The third-order valence-electron chi connectivity index (χ3n) is 2.55. The lowest BCUT2D eigenvalue weighted by Crippen LogP contribution is -2.06. The number of rotatable bonds is 11. The van der Waals surface area contributed by atoms with E-state index in [1.54, 1.807) is 0 Å². The van der Waals surface area contributed by atoms with Crippen molar-refractivity contribution in [1.82, 2.24) is 0 Å². The van der Waals surface area contributed by atoms with Gasteiger partial charge in [-0.15, -0.1) is 0 Å². The second-order valence-electron chi connectivity index (χ2n) is 4.17. The summed E-state index contributed by atoms with van der Waals surface area (Å²) in [6.45, 7) is 2.47. The van der Waals surface area contributed by atoms with E-state index in [1.807, 2.05) is 6.92 Å². The minimum Gasteiger partial charge on any atom is -0.466 e. The molecule has 0 aliphatic carbocycles. The van der Waals surface area contributed by atoms with Gasteiger partial charge < -0.3 is 9.84 Å². The number of aliphatic hydroxyl groups is 1. The molecule has 1 N–H and O–H groups in total. The number of hydrogen-bond acceptors (Lipinski definition) is 3. The molecule has 0 amide bonds. The van der Waals surface area contributed by atoms with Crippen molar-refractivity contribution in [2.75, 3.05) is 13.2 Å². The minimum absolute atomic E-state index is 0.0828. The van der Waals surface area contributed by atoms with Crippen molar-refractivity contribution < 1.29 is 14.6 Å². The Labute approximate surface area is 105 Å². The maximum absolute atomic E-state index is 11.2. The first kappa shape index (κ1) is 16.2. The molecule has 100 valence electrons. The standard InChI is InChI=1S/C14H26O3/c1-2-3-4-5-6-7-8-9-11-14(16)17-13-10-12-15/h2-3,15H,4-13H2,1H3/b3-2-. The zero-order valence-corrected chi connectivity index (χ0v) is 11.0. The Morgan fingerprint density at radius 3 is 2.53 bits per heavy atom. The summed E-state index contributed by atoms with van der Waals surface area (Å²) < 4.78 is 4.93. The second-order valence-corrected chi connectivity index (χ2v) is 4.17. The zero-order chi connectivity index (χ0) is 12.8. The third kappa shape index (κ3) is 13.1. The molecule has 0 saturated carbocycles. The molecular formula is C14H26O3. The first-order valence-corrected chi connectivity index (χ1v) is 6.69. The van der Waals surface area contributed by atoms with Crippen molar-refractivity contribution in [3.8, 4) is 0 Å². The van der Waals surface area contributed by atoms with Crippen molar-refractivity contribution >= 4 is 5.97 Å². The highest BCUT2D eigenvalue weighted by atomic mass is 16.5. The molecule has 0 aromatic rings. The number of carbonyl (C=O) groups is 1. The van der Waals surface area contributed by atoms with Crippen LogP contribution in [0.5, 0.6) is 0 Å². The molecular weight excluding hydrogens is 216 g/mol. The van der Waals surface area contributed by atoms with E-state index in [4.69, 9.17) is 9.84 Å². The minimum atomic E-state index is -0.132. The van der Waals surface area contributed by atoms with Gasteiger partial charge in [-0.05, 0) is 26.2 Å². The van der Waals surface area contributed by atoms with E-state index in [9.17, 15) is 4.79 Å². The van der Waals surface area contributed by atoms with Crippen LogP contribution in [0.1, 0.15) is 58.3 Å². The van der Waals surface area contributed by atoms with Crippen LogP contribution in [0, 0.1) is 0 Å². The van der Waals surface area contributed by atoms with Crippen LogP contribution < -0.4 is 0 Å². The fourth-order valence-electron chi connectivity index (χ4n) is 1.55. The largest absolute Gasteiger partial charge is 0.466 e. The average molecular weight is 242 g/mol. The van der Waals surface area contributed by atoms with E-state index < -0.39 is 0 Å². The molecule has 0 bridgehead atoms. The van der Waals surface area contributed by atoms with Crippen molar-refractivity contribution in [1.29, 1.82) is 0 Å². The number of ether oxygens (including phenoxy) is 1. The zero-order valence-electron chi connectivity index (χ0n) is 11.0. The Kier molecular flexibility index (Phi) is 12.6. The lowest BCUT2D eigenvalue weighted by molar-refractivity contribution is -0.144. The lowest BCUT2D eigenvalue weighted by Gasteiger charge is -2.03. The van der Waals surface area contributed by atoms with Crippen LogP contribution in [-0.2, 0) is 9.53 Å². The first-order valence-electron chi connectivity index (χ1n) is 6.69. The molecule has 0 saturated heterocycles. The predicted octanol–water partition coefficient (Wildman–Crippen LogP) is 3.22. The average Bonchev–Trinajstić information content (AvgIpc) is 2.33. The van der Waals surface area contributed by atoms with Gasteiger partial charge in [0, 0.05) is 19.4 Å². The van der Waals surface area contributed by atoms with Gasteiger partial charge in [-0.1, -0.05) is 31.4 Å². The molecule has 0 radical (unpaired) electrons. The van der Waals surface area contributed by atoms with E-state index in [0.717, 1.165) is 12.8 Å². The van der Waals surface area contributed by atoms with E-state index in [2.05, 4.69) is 12.2 Å². The van der Waals surface area contributed by atoms with Gasteiger partial charge in [0.15, 0.2) is 0 Å². The molecule has 0 aromatic carbocycles. The molecule has 0 fully saturated rings. The van der Waals surface area contributed by atoms with Gasteiger partial charge in [0.05, 0.1) is 6.61 Å². The van der Waals surface area contributed by atoms with Crippen LogP contribution >= 0.6 is 0 Å². The van der Waals surface area contributed by atoms with Crippen molar-refractivity contribution in [2.45, 2.75) is 58.3 Å². The Morgan fingerprint density at radius 1 is 1.12 bits per heavy atom. The van der Waals surface area contributed by atoms with Gasteiger partial charge in [0.1, 0.15) is 0 Å². The maximum Gasteiger partial charge on any atom is 0.305 e. The molecule has 0 unspecified atom stereocenters. The quantitative estimate of drug-likeness (QED) is 0.344. The molecule has 0 rings (SSSR count). The lowest BCUT2D eigenvalue weighted by atomic mass is 10.1. The summed E-state index contributed by atoms with van der Waals surface area (Å²) >= 11 is 0. The van der Waals surface area contributed by atoms with Gasteiger partial charge >= 0.3 is 5.97 Å². The van der Waals surface area contributed by atoms with Gasteiger partial charge in [-0.3, -0.25) is 4.79 Å². The Bertz CT molecular complexity index is 200. The van der Waals surface area contributed by atoms with Crippen LogP contribution in [0.4, 0.5) is 0 Å². The summed E-state index contributed by atoms with van der Waals surface area (Å²) in [7, 11) is 0. The van der Waals surface area contributed by atoms with Crippen LogP contribution in [0.3, 0.4) is 0 Å². The second kappa shape index (κ2) is 13.2. The molecule has 0 aliphatic rings. The monoisotopic (exact) mass is 242 g/mol. The fourth-order valence-corrected chi connectivity index (χ4v) is 1.55. The molecule has 0 heterocycles. The van der Waals surface area contributed by atoms with E-state index in [0.29, 0.717) is 19.4 Å². The SMILES string of the molecule is C/C=C\CCCCCCCC(=O)OCCCO. The summed E-state index contributed by atoms with van der Waals surface area (Å²) in [4.78, 5) is 11.2. The van der Waals surface area contributed by atoms with Crippen LogP contribution in [0.15, 0.2) is 12.2 Å². The van der Waals surface area contributed by atoms with Gasteiger partial charge in [0.25, 0.3) is 0 Å². The highest BCUT2D eigenvalue weighted by Gasteiger charge is 2.01. The van der Waals surface area contributed by atoms with Gasteiger partial charge in [0.2, 0.25) is 0 Å². The molecule has 3 heteroatoms. The molecule has 0 aromatic heterocycles. The Morgan fingerprint density at radius 2 is 1.82 bits per heavy atom. The highest BCUT2D eigenvalue weighted by Crippen LogP contribution is 2.08. The van der Waals surface area contributed by atoms with Crippen LogP contribution in [-0.4, -0.2) is 24.3 Å². The summed E-state index contributed by atoms with van der Waals surface area (Å²) in [5, 5.41) is 8.52.